The highest BCUT2D eigenvalue weighted by atomic mass is 35.5. The predicted molar refractivity (Wildman–Crippen MR) is 59.9 cm³/mol. The van der Waals surface area contributed by atoms with Crippen LogP contribution >= 0.6 is 12.4 Å². The second-order valence-corrected chi connectivity index (χ2v) is 4.79. The van der Waals surface area contributed by atoms with Crippen LogP contribution in [0.1, 0.15) is 45.4 Å². The van der Waals surface area contributed by atoms with Crippen molar-refractivity contribution in [3.05, 3.63) is 0 Å². The van der Waals surface area contributed by atoms with Crippen molar-refractivity contribution in [2.75, 3.05) is 6.54 Å². The minimum absolute atomic E-state index is 0. The molecule has 1 saturated carbocycles. The zero-order valence-electron chi connectivity index (χ0n) is 8.84. The minimum Gasteiger partial charge on any atom is -0.310 e. The highest BCUT2D eigenvalue weighted by Gasteiger charge is 2.39. The van der Waals surface area contributed by atoms with E-state index in [0.29, 0.717) is 5.78 Å². The summed E-state index contributed by atoms with van der Waals surface area (Å²) in [6, 6.07) is 0. The summed E-state index contributed by atoms with van der Waals surface area (Å²) in [7, 11) is 0. The lowest BCUT2D eigenvalue weighted by molar-refractivity contribution is -0.122. The summed E-state index contributed by atoms with van der Waals surface area (Å²) < 4.78 is 0. The normalized spacial score (nSPS) is 34.2. The standard InChI is InChI=1S/C11H19NO.ClH/c1-11(9-4-2-3-5-9)8-10(13)6-7-12-11;/h9,12H,2-8H2,1H3;1H. The zero-order chi connectivity index (χ0) is 9.31. The van der Waals surface area contributed by atoms with Crippen LogP contribution in [0.3, 0.4) is 0 Å². The lowest BCUT2D eigenvalue weighted by Gasteiger charge is -2.39. The van der Waals surface area contributed by atoms with Gasteiger partial charge in [-0.1, -0.05) is 12.8 Å². The summed E-state index contributed by atoms with van der Waals surface area (Å²) in [4.78, 5) is 11.4. The van der Waals surface area contributed by atoms with Gasteiger partial charge in [0.2, 0.25) is 0 Å². The van der Waals surface area contributed by atoms with Crippen molar-refractivity contribution < 1.29 is 4.79 Å². The van der Waals surface area contributed by atoms with Crippen LogP contribution in [0.5, 0.6) is 0 Å². The molecule has 1 saturated heterocycles. The van der Waals surface area contributed by atoms with Gasteiger partial charge in [-0.15, -0.1) is 12.4 Å². The molecule has 14 heavy (non-hydrogen) atoms. The fourth-order valence-corrected chi connectivity index (χ4v) is 2.90. The number of hydrogen-bond acceptors (Lipinski definition) is 2. The third kappa shape index (κ3) is 2.29. The number of carbonyl (C=O) groups excluding carboxylic acids is 1. The molecular formula is C11H20ClNO. The minimum atomic E-state index is 0. The molecule has 82 valence electrons. The Kier molecular flexibility index (Phi) is 3.96. The summed E-state index contributed by atoms with van der Waals surface area (Å²) in [5.74, 6) is 1.20. The summed E-state index contributed by atoms with van der Waals surface area (Å²) >= 11 is 0. The Morgan fingerprint density at radius 2 is 2.00 bits per heavy atom. The SMILES string of the molecule is CC1(C2CCCC2)CC(=O)CCN1.Cl. The van der Waals surface area contributed by atoms with Gasteiger partial charge in [-0.2, -0.15) is 0 Å². The van der Waals surface area contributed by atoms with Crippen molar-refractivity contribution in [2.45, 2.75) is 51.0 Å². The molecule has 1 atom stereocenters. The van der Waals surface area contributed by atoms with E-state index in [4.69, 9.17) is 0 Å². The highest BCUT2D eigenvalue weighted by Crippen LogP contribution is 2.37. The molecule has 2 aliphatic rings. The Labute approximate surface area is 92.2 Å². The monoisotopic (exact) mass is 217 g/mol. The van der Waals surface area contributed by atoms with Crippen molar-refractivity contribution in [1.82, 2.24) is 5.32 Å². The Morgan fingerprint density at radius 3 is 2.57 bits per heavy atom. The van der Waals surface area contributed by atoms with E-state index in [1.54, 1.807) is 0 Å². The molecule has 1 N–H and O–H groups in total. The van der Waals surface area contributed by atoms with Crippen molar-refractivity contribution >= 4 is 18.2 Å². The van der Waals surface area contributed by atoms with E-state index < -0.39 is 0 Å². The molecule has 1 aliphatic carbocycles. The van der Waals surface area contributed by atoms with Gasteiger partial charge in [-0.05, 0) is 25.7 Å². The van der Waals surface area contributed by atoms with Crippen LogP contribution in [0.4, 0.5) is 0 Å². The van der Waals surface area contributed by atoms with Gasteiger partial charge in [0.15, 0.2) is 0 Å². The largest absolute Gasteiger partial charge is 0.310 e. The molecule has 1 aliphatic heterocycles. The number of rotatable bonds is 1. The summed E-state index contributed by atoms with van der Waals surface area (Å²) in [5, 5.41) is 3.55. The van der Waals surface area contributed by atoms with E-state index >= 15 is 0 Å². The van der Waals surface area contributed by atoms with Crippen LogP contribution in [0.2, 0.25) is 0 Å². The van der Waals surface area contributed by atoms with E-state index in [1.807, 2.05) is 0 Å². The molecular weight excluding hydrogens is 198 g/mol. The summed E-state index contributed by atoms with van der Waals surface area (Å²) in [6.45, 7) is 3.13. The van der Waals surface area contributed by atoms with E-state index in [9.17, 15) is 4.79 Å². The number of piperidine rings is 1. The molecule has 1 heterocycles. The van der Waals surface area contributed by atoms with Gasteiger partial charge >= 0.3 is 0 Å². The second-order valence-electron chi connectivity index (χ2n) is 4.79. The number of carbonyl (C=O) groups is 1. The fraction of sp³-hybridized carbons (Fsp3) is 0.909. The third-order valence-corrected chi connectivity index (χ3v) is 3.75. The van der Waals surface area contributed by atoms with Crippen LogP contribution in [0.15, 0.2) is 0 Å². The zero-order valence-corrected chi connectivity index (χ0v) is 9.66. The van der Waals surface area contributed by atoms with Crippen LogP contribution in [-0.2, 0) is 4.79 Å². The average molecular weight is 218 g/mol. The molecule has 0 amide bonds. The highest BCUT2D eigenvalue weighted by molar-refractivity contribution is 5.85. The average Bonchev–Trinajstić information content (AvgIpc) is 2.55. The first-order chi connectivity index (χ1) is 6.21. The second kappa shape index (κ2) is 4.63. The van der Waals surface area contributed by atoms with Gasteiger partial charge in [-0.3, -0.25) is 4.79 Å². The van der Waals surface area contributed by atoms with Crippen molar-refractivity contribution in [2.24, 2.45) is 5.92 Å². The Hall–Kier alpha value is -0.0800. The molecule has 2 rings (SSSR count). The number of ketones is 1. The smallest absolute Gasteiger partial charge is 0.136 e. The Bertz CT molecular complexity index is 213. The number of hydrogen-bond donors (Lipinski definition) is 1. The third-order valence-electron chi connectivity index (χ3n) is 3.75. The number of nitrogens with one attached hydrogen (secondary N) is 1. The van der Waals surface area contributed by atoms with Crippen LogP contribution in [0, 0.1) is 5.92 Å². The molecule has 0 bridgehead atoms. The first kappa shape index (κ1) is 12.0. The summed E-state index contributed by atoms with van der Waals surface area (Å²) in [6.07, 6.45) is 6.85. The topological polar surface area (TPSA) is 29.1 Å². The quantitative estimate of drug-likeness (QED) is 0.731. The maximum Gasteiger partial charge on any atom is 0.136 e. The van der Waals surface area contributed by atoms with Gasteiger partial charge in [0.05, 0.1) is 0 Å². The molecule has 2 fully saturated rings. The van der Waals surface area contributed by atoms with E-state index in [-0.39, 0.29) is 17.9 Å². The van der Waals surface area contributed by atoms with Crippen molar-refractivity contribution in [3.63, 3.8) is 0 Å². The molecule has 0 spiro atoms. The van der Waals surface area contributed by atoms with Gasteiger partial charge in [0.25, 0.3) is 0 Å². The number of Topliss-reactive ketones (excluding diaryl/α,β-unsaturated/α-hetero) is 1. The lowest BCUT2D eigenvalue weighted by atomic mass is 9.78. The lowest BCUT2D eigenvalue weighted by Crippen LogP contribution is -2.53. The fourth-order valence-electron chi connectivity index (χ4n) is 2.90. The molecule has 1 unspecified atom stereocenters. The van der Waals surface area contributed by atoms with E-state index in [0.717, 1.165) is 25.3 Å². The van der Waals surface area contributed by atoms with E-state index in [1.165, 1.54) is 25.7 Å². The van der Waals surface area contributed by atoms with Gasteiger partial charge in [0.1, 0.15) is 5.78 Å². The Balaban J connectivity index is 0.000000980. The molecule has 0 aromatic rings. The maximum atomic E-state index is 11.4. The van der Waals surface area contributed by atoms with Gasteiger partial charge < -0.3 is 5.32 Å². The predicted octanol–water partition coefficient (Wildman–Crippen LogP) is 2.31. The van der Waals surface area contributed by atoms with Gasteiger partial charge in [0, 0.05) is 24.9 Å². The number of halogens is 1. The van der Waals surface area contributed by atoms with Crippen molar-refractivity contribution in [1.29, 1.82) is 0 Å². The van der Waals surface area contributed by atoms with Gasteiger partial charge in [-0.25, -0.2) is 0 Å². The first-order valence-corrected chi connectivity index (χ1v) is 5.47. The maximum absolute atomic E-state index is 11.4. The molecule has 0 aromatic heterocycles. The van der Waals surface area contributed by atoms with E-state index in [2.05, 4.69) is 12.2 Å². The Morgan fingerprint density at radius 1 is 1.36 bits per heavy atom. The molecule has 3 heteroatoms. The van der Waals surface area contributed by atoms with Crippen LogP contribution < -0.4 is 5.32 Å². The van der Waals surface area contributed by atoms with Crippen molar-refractivity contribution in [3.8, 4) is 0 Å². The molecule has 0 radical (unpaired) electrons. The summed E-state index contributed by atoms with van der Waals surface area (Å²) in [5.41, 5.74) is 0.131. The van der Waals surface area contributed by atoms with Crippen LogP contribution in [-0.4, -0.2) is 17.9 Å². The molecule has 2 nitrogen and oxygen atoms in total. The first-order valence-electron chi connectivity index (χ1n) is 5.47. The van der Waals surface area contributed by atoms with Crippen LogP contribution in [0.25, 0.3) is 0 Å². The molecule has 0 aromatic carbocycles.